The fourth-order valence-corrected chi connectivity index (χ4v) is 2.74. The van der Waals surface area contributed by atoms with Crippen molar-refractivity contribution in [3.05, 3.63) is 39.9 Å². The molecule has 120 valence electrons. The molecule has 1 saturated heterocycles. The molecule has 0 radical (unpaired) electrons. The van der Waals surface area contributed by atoms with E-state index >= 15 is 0 Å². The van der Waals surface area contributed by atoms with E-state index in [9.17, 15) is 14.9 Å². The molecule has 0 unspecified atom stereocenters. The maximum Gasteiger partial charge on any atom is 0.269 e. The van der Waals surface area contributed by atoms with Crippen LogP contribution in [0.25, 0.3) is 0 Å². The Labute approximate surface area is 129 Å². The van der Waals surface area contributed by atoms with E-state index in [0.717, 1.165) is 25.9 Å². The number of nitro groups is 1. The second kappa shape index (κ2) is 7.33. The van der Waals surface area contributed by atoms with Gasteiger partial charge in [-0.3, -0.25) is 14.9 Å². The van der Waals surface area contributed by atoms with Gasteiger partial charge in [-0.05, 0) is 38.1 Å². The summed E-state index contributed by atoms with van der Waals surface area (Å²) in [6, 6.07) is 5.62. The summed E-state index contributed by atoms with van der Waals surface area (Å²) in [7, 11) is 1.67. The largest absolute Gasteiger partial charge is 0.384 e. The first-order valence-corrected chi connectivity index (χ1v) is 7.29. The molecule has 1 aromatic carbocycles. The number of nitro benzene ring substituents is 1. The maximum absolute atomic E-state index is 12.2. The summed E-state index contributed by atoms with van der Waals surface area (Å²) in [4.78, 5) is 22.3. The van der Waals surface area contributed by atoms with Gasteiger partial charge in [-0.1, -0.05) is 0 Å². The number of rotatable bonds is 6. The zero-order chi connectivity index (χ0) is 16.0. The van der Waals surface area contributed by atoms with Crippen LogP contribution in [0.4, 0.5) is 5.69 Å². The number of piperidine rings is 1. The molecule has 0 bridgehead atoms. The van der Waals surface area contributed by atoms with Crippen LogP contribution in [0.5, 0.6) is 0 Å². The Morgan fingerprint density at radius 1 is 1.36 bits per heavy atom. The van der Waals surface area contributed by atoms with Crippen LogP contribution < -0.4 is 10.6 Å². The van der Waals surface area contributed by atoms with Gasteiger partial charge in [0.1, 0.15) is 0 Å². The van der Waals surface area contributed by atoms with Crippen molar-refractivity contribution in [3.8, 4) is 0 Å². The number of nitrogens with one attached hydrogen (secondary N) is 2. The standard InChI is InChI=1S/C15H21N3O4/c1-22-11-15(6-8-16-9-7-15)10-17-14(19)12-2-4-13(5-3-12)18(20)21/h2-5,16H,6-11H2,1H3,(H,17,19). The minimum atomic E-state index is -0.482. The first-order valence-electron chi connectivity index (χ1n) is 7.29. The van der Waals surface area contributed by atoms with Crippen molar-refractivity contribution in [1.29, 1.82) is 0 Å². The minimum absolute atomic E-state index is 0.0224. The molecule has 7 nitrogen and oxygen atoms in total. The number of benzene rings is 1. The fourth-order valence-electron chi connectivity index (χ4n) is 2.74. The molecule has 1 amide bonds. The summed E-state index contributed by atoms with van der Waals surface area (Å²) in [5.41, 5.74) is 0.356. The van der Waals surface area contributed by atoms with E-state index in [1.54, 1.807) is 7.11 Å². The van der Waals surface area contributed by atoms with Crippen molar-refractivity contribution in [2.75, 3.05) is 33.4 Å². The van der Waals surface area contributed by atoms with Crippen LogP contribution in [0, 0.1) is 15.5 Å². The Morgan fingerprint density at radius 3 is 2.55 bits per heavy atom. The molecule has 1 fully saturated rings. The highest BCUT2D eigenvalue weighted by molar-refractivity contribution is 5.94. The molecular weight excluding hydrogens is 286 g/mol. The van der Waals surface area contributed by atoms with Crippen LogP contribution in [0.3, 0.4) is 0 Å². The van der Waals surface area contributed by atoms with Gasteiger partial charge in [0, 0.05) is 36.8 Å². The summed E-state index contributed by atoms with van der Waals surface area (Å²) >= 11 is 0. The molecule has 7 heteroatoms. The topological polar surface area (TPSA) is 93.5 Å². The van der Waals surface area contributed by atoms with Crippen LogP contribution >= 0.6 is 0 Å². The summed E-state index contributed by atoms with van der Waals surface area (Å²) in [5, 5.41) is 16.8. The molecule has 1 aliphatic heterocycles. The van der Waals surface area contributed by atoms with E-state index in [1.165, 1.54) is 24.3 Å². The summed E-state index contributed by atoms with van der Waals surface area (Å²) in [5.74, 6) is -0.219. The highest BCUT2D eigenvalue weighted by Crippen LogP contribution is 2.28. The third-order valence-electron chi connectivity index (χ3n) is 4.08. The quantitative estimate of drug-likeness (QED) is 0.611. The molecule has 1 aromatic rings. The molecule has 0 saturated carbocycles. The monoisotopic (exact) mass is 307 g/mol. The van der Waals surface area contributed by atoms with Crippen molar-refractivity contribution in [2.45, 2.75) is 12.8 Å². The van der Waals surface area contributed by atoms with Gasteiger partial charge in [-0.25, -0.2) is 0 Å². The lowest BCUT2D eigenvalue weighted by molar-refractivity contribution is -0.384. The van der Waals surface area contributed by atoms with E-state index in [1.807, 2.05) is 0 Å². The summed E-state index contributed by atoms with van der Waals surface area (Å²) < 4.78 is 5.31. The first kappa shape index (κ1) is 16.4. The number of amides is 1. The van der Waals surface area contributed by atoms with Gasteiger partial charge in [-0.15, -0.1) is 0 Å². The van der Waals surface area contributed by atoms with Crippen molar-refractivity contribution in [1.82, 2.24) is 10.6 Å². The molecule has 1 heterocycles. The lowest BCUT2D eigenvalue weighted by Crippen LogP contribution is -2.47. The van der Waals surface area contributed by atoms with Crippen molar-refractivity contribution < 1.29 is 14.5 Å². The molecule has 0 spiro atoms. The summed E-state index contributed by atoms with van der Waals surface area (Å²) in [6.07, 6.45) is 1.89. The number of hydrogen-bond donors (Lipinski definition) is 2. The number of non-ortho nitro benzene ring substituents is 1. The van der Waals surface area contributed by atoms with Crippen molar-refractivity contribution in [2.24, 2.45) is 5.41 Å². The molecule has 0 aliphatic carbocycles. The predicted octanol–water partition coefficient (Wildman–Crippen LogP) is 1.34. The Morgan fingerprint density at radius 2 is 2.00 bits per heavy atom. The average Bonchev–Trinajstić information content (AvgIpc) is 2.54. The SMILES string of the molecule is COCC1(CNC(=O)c2ccc([N+](=O)[O-])cc2)CCNCC1. The van der Waals surface area contributed by atoms with Crippen molar-refractivity contribution in [3.63, 3.8) is 0 Å². The van der Waals surface area contributed by atoms with Crippen LogP contribution in [0.2, 0.25) is 0 Å². The Balaban J connectivity index is 1.97. The van der Waals surface area contributed by atoms with Gasteiger partial charge >= 0.3 is 0 Å². The summed E-state index contributed by atoms with van der Waals surface area (Å²) in [6.45, 7) is 2.97. The van der Waals surface area contributed by atoms with Crippen LogP contribution in [0.1, 0.15) is 23.2 Å². The average molecular weight is 307 g/mol. The van der Waals surface area contributed by atoms with Gasteiger partial charge in [0.25, 0.3) is 11.6 Å². The number of carbonyl (C=O) groups is 1. The van der Waals surface area contributed by atoms with Gasteiger partial charge < -0.3 is 15.4 Å². The number of methoxy groups -OCH3 is 1. The normalized spacial score (nSPS) is 17.0. The number of hydrogen-bond acceptors (Lipinski definition) is 5. The second-order valence-electron chi connectivity index (χ2n) is 5.67. The molecule has 0 aromatic heterocycles. The van der Waals surface area contributed by atoms with Gasteiger partial charge in [0.05, 0.1) is 11.5 Å². The maximum atomic E-state index is 12.2. The highest BCUT2D eigenvalue weighted by Gasteiger charge is 2.32. The van der Waals surface area contributed by atoms with E-state index in [0.29, 0.717) is 18.7 Å². The fraction of sp³-hybridized carbons (Fsp3) is 0.533. The third kappa shape index (κ3) is 4.02. The lowest BCUT2D eigenvalue weighted by atomic mass is 9.79. The van der Waals surface area contributed by atoms with Crippen LogP contribution in [-0.4, -0.2) is 44.2 Å². The number of nitrogens with zero attached hydrogens (tertiary/aromatic N) is 1. The zero-order valence-electron chi connectivity index (χ0n) is 12.6. The van der Waals surface area contributed by atoms with E-state index < -0.39 is 4.92 Å². The Bertz CT molecular complexity index is 519. The smallest absolute Gasteiger partial charge is 0.269 e. The predicted molar refractivity (Wildman–Crippen MR) is 81.8 cm³/mol. The molecule has 2 rings (SSSR count). The number of ether oxygens (including phenoxy) is 1. The van der Waals surface area contributed by atoms with Crippen molar-refractivity contribution >= 4 is 11.6 Å². The molecule has 1 aliphatic rings. The zero-order valence-corrected chi connectivity index (χ0v) is 12.6. The molecule has 2 N–H and O–H groups in total. The minimum Gasteiger partial charge on any atom is -0.384 e. The van der Waals surface area contributed by atoms with Gasteiger partial charge in [0.15, 0.2) is 0 Å². The second-order valence-corrected chi connectivity index (χ2v) is 5.67. The molecule has 22 heavy (non-hydrogen) atoms. The van der Waals surface area contributed by atoms with E-state index in [-0.39, 0.29) is 17.0 Å². The Kier molecular flexibility index (Phi) is 5.46. The van der Waals surface area contributed by atoms with E-state index in [2.05, 4.69) is 10.6 Å². The number of carbonyl (C=O) groups excluding carboxylic acids is 1. The Hall–Kier alpha value is -1.99. The third-order valence-corrected chi connectivity index (χ3v) is 4.08. The van der Waals surface area contributed by atoms with E-state index in [4.69, 9.17) is 4.74 Å². The van der Waals surface area contributed by atoms with Gasteiger partial charge in [-0.2, -0.15) is 0 Å². The first-order chi connectivity index (χ1) is 10.6. The van der Waals surface area contributed by atoms with Gasteiger partial charge in [0.2, 0.25) is 0 Å². The van der Waals surface area contributed by atoms with Crippen LogP contribution in [0.15, 0.2) is 24.3 Å². The highest BCUT2D eigenvalue weighted by atomic mass is 16.6. The molecule has 0 atom stereocenters. The van der Waals surface area contributed by atoms with Crippen LogP contribution in [-0.2, 0) is 4.74 Å². The molecular formula is C15H21N3O4. The lowest BCUT2D eigenvalue weighted by Gasteiger charge is -2.37.